The van der Waals surface area contributed by atoms with Crippen LogP contribution < -0.4 is 5.32 Å². The predicted octanol–water partition coefficient (Wildman–Crippen LogP) is 2.88. The van der Waals surface area contributed by atoms with Crippen molar-refractivity contribution in [1.82, 2.24) is 0 Å². The van der Waals surface area contributed by atoms with Crippen LogP contribution in [-0.4, -0.2) is 17.6 Å². The van der Waals surface area contributed by atoms with Crippen molar-refractivity contribution in [3.8, 4) is 11.8 Å². The second-order valence-electron chi connectivity index (χ2n) is 4.71. The molecule has 0 bridgehead atoms. The van der Waals surface area contributed by atoms with Gasteiger partial charge in [0.25, 0.3) is 5.91 Å². The summed E-state index contributed by atoms with van der Waals surface area (Å²) in [5.41, 5.74) is 3.07. The van der Waals surface area contributed by atoms with Gasteiger partial charge in [-0.3, -0.25) is 4.79 Å². The van der Waals surface area contributed by atoms with E-state index in [-0.39, 0.29) is 12.5 Å². The van der Waals surface area contributed by atoms with Crippen LogP contribution in [0.5, 0.6) is 0 Å². The highest BCUT2D eigenvalue weighted by Gasteiger charge is 2.09. The van der Waals surface area contributed by atoms with Crippen molar-refractivity contribution in [1.29, 1.82) is 0 Å². The van der Waals surface area contributed by atoms with E-state index in [0.29, 0.717) is 23.4 Å². The Hall–Kier alpha value is -2.51. The average Bonchev–Trinajstić information content (AvgIpc) is 2.88. The van der Waals surface area contributed by atoms with Crippen LogP contribution in [0.3, 0.4) is 0 Å². The average molecular weight is 283 g/mol. The number of carbonyl (C=O) groups excluding carboxylic acids is 1. The molecule has 0 spiro atoms. The van der Waals surface area contributed by atoms with Crippen LogP contribution >= 0.6 is 0 Å². The molecule has 0 radical (unpaired) electrons. The van der Waals surface area contributed by atoms with Crippen LogP contribution in [0.1, 0.15) is 33.7 Å². The van der Waals surface area contributed by atoms with Gasteiger partial charge >= 0.3 is 0 Å². The second-order valence-corrected chi connectivity index (χ2v) is 4.71. The molecule has 0 aliphatic rings. The lowest BCUT2D eigenvalue weighted by Crippen LogP contribution is -2.11. The number of aryl methyl sites for hydroxylation is 2. The SMILES string of the molecule is Cc1cc(C(=O)Nc2ccc(C#CCCO)c(C)c2)co1. The zero-order valence-corrected chi connectivity index (χ0v) is 12.1. The number of hydrogen-bond donors (Lipinski definition) is 2. The number of aliphatic hydroxyl groups is 1. The number of rotatable bonds is 3. The van der Waals surface area contributed by atoms with Crippen molar-refractivity contribution < 1.29 is 14.3 Å². The zero-order valence-electron chi connectivity index (χ0n) is 12.1. The Kier molecular flexibility index (Phi) is 4.81. The topological polar surface area (TPSA) is 62.5 Å². The maximum atomic E-state index is 12.0. The third-order valence-electron chi connectivity index (χ3n) is 2.94. The first-order valence-electron chi connectivity index (χ1n) is 6.67. The number of amides is 1. The summed E-state index contributed by atoms with van der Waals surface area (Å²) in [6, 6.07) is 7.22. The van der Waals surface area contributed by atoms with Crippen LogP contribution in [0.25, 0.3) is 0 Å². The van der Waals surface area contributed by atoms with Crippen LogP contribution in [0.15, 0.2) is 34.9 Å². The van der Waals surface area contributed by atoms with E-state index in [4.69, 9.17) is 9.52 Å². The highest BCUT2D eigenvalue weighted by atomic mass is 16.3. The van der Waals surface area contributed by atoms with E-state index in [0.717, 1.165) is 11.1 Å². The summed E-state index contributed by atoms with van der Waals surface area (Å²) >= 11 is 0. The van der Waals surface area contributed by atoms with Gasteiger partial charge in [0.1, 0.15) is 12.0 Å². The van der Waals surface area contributed by atoms with Gasteiger partial charge in [0.05, 0.1) is 12.2 Å². The van der Waals surface area contributed by atoms with E-state index < -0.39 is 0 Å². The number of benzene rings is 1. The van der Waals surface area contributed by atoms with Crippen molar-refractivity contribution in [3.63, 3.8) is 0 Å². The Morgan fingerprint density at radius 1 is 1.33 bits per heavy atom. The van der Waals surface area contributed by atoms with Crippen LogP contribution in [0.2, 0.25) is 0 Å². The molecule has 1 heterocycles. The molecule has 21 heavy (non-hydrogen) atoms. The zero-order chi connectivity index (χ0) is 15.2. The first-order chi connectivity index (χ1) is 10.1. The van der Waals surface area contributed by atoms with Gasteiger partial charge in [-0.1, -0.05) is 11.8 Å². The van der Waals surface area contributed by atoms with Gasteiger partial charge in [0, 0.05) is 17.7 Å². The number of nitrogens with one attached hydrogen (secondary N) is 1. The Balaban J connectivity index is 2.10. The standard InChI is InChI=1S/C17H17NO3/c1-12-9-16(7-6-14(12)5-3-4-8-19)18-17(20)15-10-13(2)21-11-15/h6-7,9-11,19H,4,8H2,1-2H3,(H,18,20). The van der Waals surface area contributed by atoms with Gasteiger partial charge in [0.2, 0.25) is 0 Å². The molecule has 0 unspecified atom stereocenters. The summed E-state index contributed by atoms with van der Waals surface area (Å²) in [4.78, 5) is 12.0. The molecule has 0 aliphatic heterocycles. The fourth-order valence-electron chi connectivity index (χ4n) is 1.86. The molecular weight excluding hydrogens is 266 g/mol. The third kappa shape index (κ3) is 3.98. The number of aliphatic hydroxyl groups excluding tert-OH is 1. The Bertz CT molecular complexity index is 704. The molecule has 0 aliphatic carbocycles. The first-order valence-corrected chi connectivity index (χ1v) is 6.67. The largest absolute Gasteiger partial charge is 0.469 e. The fraction of sp³-hybridized carbons (Fsp3) is 0.235. The molecule has 0 saturated carbocycles. The number of hydrogen-bond acceptors (Lipinski definition) is 3. The molecule has 2 N–H and O–H groups in total. The van der Waals surface area contributed by atoms with Crippen molar-refractivity contribution in [2.24, 2.45) is 0 Å². The molecule has 0 atom stereocenters. The van der Waals surface area contributed by atoms with Crippen LogP contribution in [0, 0.1) is 25.7 Å². The summed E-state index contributed by atoms with van der Waals surface area (Å²) in [6.45, 7) is 3.78. The Morgan fingerprint density at radius 2 is 2.14 bits per heavy atom. The van der Waals surface area contributed by atoms with E-state index in [1.165, 1.54) is 6.26 Å². The molecule has 108 valence electrons. The highest BCUT2D eigenvalue weighted by Crippen LogP contribution is 2.16. The number of anilines is 1. The minimum atomic E-state index is -0.203. The van der Waals surface area contributed by atoms with E-state index >= 15 is 0 Å². The Morgan fingerprint density at radius 3 is 2.76 bits per heavy atom. The first kappa shape index (κ1) is 14.9. The van der Waals surface area contributed by atoms with E-state index in [1.807, 2.05) is 19.1 Å². The summed E-state index contributed by atoms with van der Waals surface area (Å²) in [5, 5.41) is 11.5. The second kappa shape index (κ2) is 6.78. The lowest BCUT2D eigenvalue weighted by Gasteiger charge is -2.06. The maximum absolute atomic E-state index is 12.0. The minimum Gasteiger partial charge on any atom is -0.469 e. The molecule has 4 heteroatoms. The van der Waals surface area contributed by atoms with Crippen LogP contribution in [0.4, 0.5) is 5.69 Å². The van der Waals surface area contributed by atoms with Gasteiger partial charge in [-0.05, 0) is 43.7 Å². The van der Waals surface area contributed by atoms with Crippen molar-refractivity contribution in [3.05, 3.63) is 53.0 Å². The molecule has 1 aromatic carbocycles. The summed E-state index contributed by atoms with van der Waals surface area (Å²) < 4.78 is 5.12. The molecule has 1 aromatic heterocycles. The summed E-state index contributed by atoms with van der Waals surface area (Å²) in [6.07, 6.45) is 1.89. The number of furan rings is 1. The van der Waals surface area contributed by atoms with Gasteiger partial charge in [-0.25, -0.2) is 0 Å². The quantitative estimate of drug-likeness (QED) is 0.851. The highest BCUT2D eigenvalue weighted by molar-refractivity contribution is 6.04. The van der Waals surface area contributed by atoms with E-state index in [9.17, 15) is 4.79 Å². The predicted molar refractivity (Wildman–Crippen MR) is 81.2 cm³/mol. The van der Waals surface area contributed by atoms with Crippen molar-refractivity contribution in [2.75, 3.05) is 11.9 Å². The molecule has 1 amide bonds. The smallest absolute Gasteiger partial charge is 0.258 e. The molecule has 4 nitrogen and oxygen atoms in total. The molecule has 2 aromatic rings. The summed E-state index contributed by atoms with van der Waals surface area (Å²) in [7, 11) is 0. The van der Waals surface area contributed by atoms with Gasteiger partial charge in [-0.15, -0.1) is 0 Å². The maximum Gasteiger partial charge on any atom is 0.258 e. The van der Waals surface area contributed by atoms with E-state index in [2.05, 4.69) is 17.2 Å². The van der Waals surface area contributed by atoms with Gasteiger partial charge < -0.3 is 14.8 Å². The lowest BCUT2D eigenvalue weighted by atomic mass is 10.1. The molecule has 0 fully saturated rings. The van der Waals surface area contributed by atoms with Gasteiger partial charge in [0.15, 0.2) is 0 Å². The molecule has 0 saturated heterocycles. The van der Waals surface area contributed by atoms with E-state index in [1.54, 1.807) is 19.1 Å². The monoisotopic (exact) mass is 283 g/mol. The summed E-state index contributed by atoms with van der Waals surface area (Å²) in [5.74, 6) is 6.37. The van der Waals surface area contributed by atoms with Gasteiger partial charge in [-0.2, -0.15) is 0 Å². The fourth-order valence-corrected chi connectivity index (χ4v) is 1.86. The number of carbonyl (C=O) groups is 1. The lowest BCUT2D eigenvalue weighted by molar-refractivity contribution is 0.102. The van der Waals surface area contributed by atoms with Crippen LogP contribution in [-0.2, 0) is 0 Å². The molecule has 2 rings (SSSR count). The van der Waals surface area contributed by atoms with Crippen molar-refractivity contribution in [2.45, 2.75) is 20.3 Å². The third-order valence-corrected chi connectivity index (χ3v) is 2.94. The van der Waals surface area contributed by atoms with Crippen molar-refractivity contribution >= 4 is 11.6 Å². The Labute approximate surface area is 123 Å². The minimum absolute atomic E-state index is 0.0598. The molecular formula is C17H17NO3. The normalized spacial score (nSPS) is 9.86.